The topological polar surface area (TPSA) is 0 Å². The van der Waals surface area contributed by atoms with E-state index in [1.54, 1.807) is 0 Å². The lowest BCUT2D eigenvalue weighted by atomic mass is 9.71. The van der Waals surface area contributed by atoms with E-state index in [9.17, 15) is 0 Å². The zero-order chi connectivity index (χ0) is 22.9. The highest BCUT2D eigenvalue weighted by Gasteiger charge is 2.27. The summed E-state index contributed by atoms with van der Waals surface area (Å²) in [7, 11) is 2.85. The van der Waals surface area contributed by atoms with E-state index in [1.807, 2.05) is 0 Å². The monoisotopic (exact) mass is 534 g/mol. The van der Waals surface area contributed by atoms with Crippen molar-refractivity contribution < 1.29 is 0 Å². The number of hydrogen-bond acceptors (Lipinski definition) is 0. The summed E-state index contributed by atoms with van der Waals surface area (Å²) in [6.45, 7) is 7.12. The van der Waals surface area contributed by atoms with Crippen molar-refractivity contribution in [1.82, 2.24) is 0 Å². The summed E-state index contributed by atoms with van der Waals surface area (Å²) >= 11 is 0. The number of rotatable bonds is 26. The molecule has 196 valence electrons. The molecule has 0 nitrogen and oxygen atoms in total. The summed E-state index contributed by atoms with van der Waals surface area (Å²) in [4.78, 5) is 0. The highest BCUT2D eigenvalue weighted by molar-refractivity contribution is 8.93. The normalized spacial score (nSPS) is 11.6. The molecule has 0 fully saturated rings. The van der Waals surface area contributed by atoms with Crippen LogP contribution in [0.1, 0.15) is 181 Å². The Hall–Kier alpha value is 0.910. The van der Waals surface area contributed by atoms with Crippen LogP contribution in [0.3, 0.4) is 0 Å². The molecule has 0 amide bonds. The predicted octanol–water partition coefficient (Wildman–Crippen LogP) is 12.2. The maximum atomic E-state index is 2.85. The van der Waals surface area contributed by atoms with Gasteiger partial charge in [0.2, 0.25) is 0 Å². The molecule has 0 aliphatic heterocycles. The SMILES string of the molecule is Br.CCCCC(CCCC)(CCCC)CCCCCCCCCCCCCCCCCP. The second kappa shape index (κ2) is 28.1. The first-order valence-electron chi connectivity index (χ1n) is 14.9. The Labute approximate surface area is 218 Å². The largest absolute Gasteiger partial charge is 0.138 e. The fourth-order valence-corrected chi connectivity index (χ4v) is 5.64. The van der Waals surface area contributed by atoms with Gasteiger partial charge in [0.05, 0.1) is 0 Å². The molecule has 0 spiro atoms. The third-order valence-corrected chi connectivity index (χ3v) is 8.00. The van der Waals surface area contributed by atoms with E-state index < -0.39 is 0 Å². The maximum Gasteiger partial charge on any atom is -0.0297 e. The summed E-state index contributed by atoms with van der Waals surface area (Å²) in [5.41, 5.74) is 0.692. The third-order valence-electron chi connectivity index (χ3n) is 7.59. The summed E-state index contributed by atoms with van der Waals surface area (Å²) < 4.78 is 0. The van der Waals surface area contributed by atoms with E-state index in [0.717, 1.165) is 0 Å². The second-order valence-electron chi connectivity index (χ2n) is 10.7. The minimum atomic E-state index is 0. The van der Waals surface area contributed by atoms with Crippen molar-refractivity contribution in [3.8, 4) is 0 Å². The van der Waals surface area contributed by atoms with Crippen molar-refractivity contribution in [2.75, 3.05) is 6.16 Å². The van der Waals surface area contributed by atoms with Gasteiger partial charge in [0.1, 0.15) is 0 Å². The minimum Gasteiger partial charge on any atom is -0.138 e. The molecule has 0 aliphatic rings. The molecule has 0 saturated carbocycles. The molecule has 0 radical (unpaired) electrons. The van der Waals surface area contributed by atoms with Crippen molar-refractivity contribution in [2.24, 2.45) is 5.41 Å². The first-order valence-corrected chi connectivity index (χ1v) is 15.8. The fourth-order valence-electron chi connectivity index (χ4n) is 5.35. The van der Waals surface area contributed by atoms with E-state index in [1.165, 1.54) is 167 Å². The minimum absolute atomic E-state index is 0. The van der Waals surface area contributed by atoms with Crippen LogP contribution >= 0.6 is 26.2 Å². The molecule has 0 bridgehead atoms. The lowest BCUT2D eigenvalue weighted by Crippen LogP contribution is -2.21. The van der Waals surface area contributed by atoms with Crippen molar-refractivity contribution in [1.29, 1.82) is 0 Å². The van der Waals surface area contributed by atoms with Gasteiger partial charge in [-0.05, 0) is 43.7 Å². The predicted molar refractivity (Wildman–Crippen MR) is 160 cm³/mol. The van der Waals surface area contributed by atoms with Gasteiger partial charge in [-0.2, -0.15) is 0 Å². The van der Waals surface area contributed by atoms with E-state index in [0.29, 0.717) is 5.41 Å². The van der Waals surface area contributed by atoms with Crippen molar-refractivity contribution in [2.45, 2.75) is 181 Å². The van der Waals surface area contributed by atoms with Gasteiger partial charge in [-0.15, -0.1) is 26.2 Å². The van der Waals surface area contributed by atoms with Gasteiger partial charge in [-0.1, -0.05) is 149 Å². The molecule has 0 rings (SSSR count). The Morgan fingerprint density at radius 1 is 0.375 bits per heavy atom. The fraction of sp³-hybridized carbons (Fsp3) is 1.00. The Morgan fingerprint density at radius 3 is 0.906 bits per heavy atom. The van der Waals surface area contributed by atoms with E-state index in [-0.39, 0.29) is 17.0 Å². The van der Waals surface area contributed by atoms with Crippen LogP contribution in [0.15, 0.2) is 0 Å². The molecule has 0 aliphatic carbocycles. The summed E-state index contributed by atoms with van der Waals surface area (Å²) in [6, 6.07) is 0. The highest BCUT2D eigenvalue weighted by Crippen LogP contribution is 2.41. The molecule has 32 heavy (non-hydrogen) atoms. The zero-order valence-electron chi connectivity index (χ0n) is 22.9. The van der Waals surface area contributed by atoms with Crippen molar-refractivity contribution in [3.63, 3.8) is 0 Å². The molecular formula is C30H64BrP. The molecule has 0 aromatic carbocycles. The Kier molecular flexibility index (Phi) is 30.9. The van der Waals surface area contributed by atoms with Crippen LogP contribution in [0.5, 0.6) is 0 Å². The van der Waals surface area contributed by atoms with E-state index >= 15 is 0 Å². The van der Waals surface area contributed by atoms with Crippen molar-refractivity contribution in [3.05, 3.63) is 0 Å². The molecule has 0 aromatic heterocycles. The van der Waals surface area contributed by atoms with Crippen LogP contribution in [0.4, 0.5) is 0 Å². The molecular weight excluding hydrogens is 471 g/mol. The zero-order valence-corrected chi connectivity index (χ0v) is 25.7. The number of halogens is 1. The molecule has 0 saturated heterocycles. The van der Waals surface area contributed by atoms with E-state index in [2.05, 4.69) is 30.0 Å². The molecule has 1 unspecified atom stereocenters. The summed E-state index contributed by atoms with van der Waals surface area (Å²) in [5, 5.41) is 0. The first kappa shape index (κ1) is 35.1. The molecule has 1 atom stereocenters. The molecule has 0 heterocycles. The van der Waals surface area contributed by atoms with Gasteiger partial charge >= 0.3 is 0 Å². The van der Waals surface area contributed by atoms with Crippen LogP contribution < -0.4 is 0 Å². The standard InChI is InChI=1S/C30H63P.BrH/c1-4-7-25-30(26-8-5-2,27-9-6-3)28-23-21-19-17-15-13-11-10-12-14-16-18-20-22-24-29-31;/h4-29,31H2,1-3H3;1H. The lowest BCUT2D eigenvalue weighted by Gasteiger charge is -2.35. The Morgan fingerprint density at radius 2 is 0.625 bits per heavy atom. The average Bonchev–Trinajstić information content (AvgIpc) is 2.79. The molecule has 2 heteroatoms. The third kappa shape index (κ3) is 22.7. The maximum absolute atomic E-state index is 2.85. The Bertz CT molecular complexity index is 309. The lowest BCUT2D eigenvalue weighted by molar-refractivity contribution is 0.175. The number of unbranched alkanes of at least 4 members (excludes halogenated alkanes) is 17. The van der Waals surface area contributed by atoms with Crippen LogP contribution in [0.2, 0.25) is 0 Å². The van der Waals surface area contributed by atoms with Crippen LogP contribution in [0.25, 0.3) is 0 Å². The van der Waals surface area contributed by atoms with Crippen LogP contribution in [-0.2, 0) is 0 Å². The summed E-state index contributed by atoms with van der Waals surface area (Å²) in [5.74, 6) is 0. The van der Waals surface area contributed by atoms with Crippen LogP contribution in [0, 0.1) is 5.41 Å². The molecule has 0 N–H and O–H groups in total. The van der Waals surface area contributed by atoms with Gasteiger partial charge in [-0.25, -0.2) is 0 Å². The second-order valence-corrected chi connectivity index (χ2v) is 11.2. The van der Waals surface area contributed by atoms with Gasteiger partial charge in [0, 0.05) is 0 Å². The van der Waals surface area contributed by atoms with E-state index in [4.69, 9.17) is 0 Å². The first-order chi connectivity index (χ1) is 15.2. The van der Waals surface area contributed by atoms with Gasteiger partial charge in [0.15, 0.2) is 0 Å². The van der Waals surface area contributed by atoms with Crippen molar-refractivity contribution >= 4 is 26.2 Å². The van der Waals surface area contributed by atoms with Gasteiger partial charge in [0.25, 0.3) is 0 Å². The van der Waals surface area contributed by atoms with Gasteiger partial charge < -0.3 is 0 Å². The number of hydrogen-bond donors (Lipinski definition) is 0. The quantitative estimate of drug-likeness (QED) is 0.0763. The van der Waals surface area contributed by atoms with Gasteiger partial charge in [-0.3, -0.25) is 0 Å². The average molecular weight is 536 g/mol. The molecule has 0 aromatic rings. The summed E-state index contributed by atoms with van der Waals surface area (Å²) in [6.07, 6.45) is 37.9. The van der Waals surface area contributed by atoms with Crippen LogP contribution in [-0.4, -0.2) is 6.16 Å². The smallest absolute Gasteiger partial charge is 0.0297 e. The highest BCUT2D eigenvalue weighted by atomic mass is 79.9. The Balaban J connectivity index is 0.